The van der Waals surface area contributed by atoms with E-state index >= 15 is 0 Å². The molecule has 0 atom stereocenters. The zero-order valence-corrected chi connectivity index (χ0v) is 19.4. The third-order valence-corrected chi connectivity index (χ3v) is 7.02. The van der Waals surface area contributed by atoms with Crippen molar-refractivity contribution in [2.24, 2.45) is 0 Å². The lowest BCUT2D eigenvalue weighted by molar-refractivity contribution is -0.116. The Kier molecular flexibility index (Phi) is 6.46. The number of fused-ring (bicyclic) bond motifs is 1. The second-order valence-corrected chi connectivity index (χ2v) is 9.44. The van der Waals surface area contributed by atoms with Gasteiger partial charge in [-0.2, -0.15) is 0 Å². The number of benzene rings is 2. The van der Waals surface area contributed by atoms with Gasteiger partial charge in [0.05, 0.1) is 16.2 Å². The first-order valence-electron chi connectivity index (χ1n) is 9.64. The molecule has 0 aliphatic carbocycles. The number of nitrogens with one attached hydrogen (secondary N) is 1. The van der Waals surface area contributed by atoms with Gasteiger partial charge in [0, 0.05) is 5.75 Å². The molecule has 0 bridgehead atoms. The zero-order valence-electron chi connectivity index (χ0n) is 17.0. The number of thioether (sulfide) groups is 1. The summed E-state index contributed by atoms with van der Waals surface area (Å²) >= 11 is 9.01. The van der Waals surface area contributed by atoms with Crippen molar-refractivity contribution in [2.45, 2.75) is 31.3 Å². The summed E-state index contributed by atoms with van der Waals surface area (Å²) in [6.07, 6.45) is 0. The summed E-state index contributed by atoms with van der Waals surface area (Å²) in [5.41, 5.74) is 4.16. The molecule has 1 amide bonds. The maximum Gasteiger partial charge on any atom is 0.272 e. The molecule has 31 heavy (non-hydrogen) atoms. The standard InChI is InChI=1S/C23H20ClN3O2S2/c1-14-5-3-7-16(11-14)13-31-23-25-18-9-10-30-21(18)22(29)27(23)12-19(28)26-20-15(2)6-4-8-17(20)24/h3-11H,12-13H2,1-2H3,(H,26,28). The van der Waals surface area contributed by atoms with Gasteiger partial charge in [-0.25, -0.2) is 4.98 Å². The molecule has 1 N–H and O–H groups in total. The summed E-state index contributed by atoms with van der Waals surface area (Å²) in [6.45, 7) is 3.78. The van der Waals surface area contributed by atoms with Crippen LogP contribution in [0.4, 0.5) is 5.69 Å². The summed E-state index contributed by atoms with van der Waals surface area (Å²) < 4.78 is 1.99. The number of aryl methyl sites for hydroxylation is 2. The van der Waals surface area contributed by atoms with Crippen molar-refractivity contribution < 1.29 is 4.79 Å². The predicted octanol–water partition coefficient (Wildman–Crippen LogP) is 5.66. The zero-order chi connectivity index (χ0) is 22.0. The molecule has 8 heteroatoms. The number of halogens is 1. The first kappa shape index (κ1) is 21.6. The van der Waals surface area contributed by atoms with Gasteiger partial charge >= 0.3 is 0 Å². The molecule has 158 valence electrons. The number of amides is 1. The minimum atomic E-state index is -0.326. The molecule has 4 aromatic rings. The SMILES string of the molecule is Cc1cccc(CSc2nc3ccsc3c(=O)n2CC(=O)Nc2c(C)cccc2Cl)c1. The molecule has 0 fully saturated rings. The lowest BCUT2D eigenvalue weighted by atomic mass is 10.2. The molecule has 5 nitrogen and oxygen atoms in total. The van der Waals surface area contributed by atoms with E-state index in [-0.39, 0.29) is 18.0 Å². The van der Waals surface area contributed by atoms with Crippen LogP contribution in [0.5, 0.6) is 0 Å². The highest BCUT2D eigenvalue weighted by Gasteiger charge is 2.17. The van der Waals surface area contributed by atoms with E-state index in [1.54, 1.807) is 6.07 Å². The van der Waals surface area contributed by atoms with Crippen LogP contribution in [-0.4, -0.2) is 15.5 Å². The largest absolute Gasteiger partial charge is 0.323 e. The van der Waals surface area contributed by atoms with Crippen LogP contribution in [0, 0.1) is 13.8 Å². The first-order chi connectivity index (χ1) is 14.9. The lowest BCUT2D eigenvalue weighted by Crippen LogP contribution is -2.29. The Bertz CT molecular complexity index is 1310. The van der Waals surface area contributed by atoms with E-state index in [2.05, 4.69) is 16.4 Å². The Hall–Kier alpha value is -2.61. The number of aromatic nitrogens is 2. The van der Waals surface area contributed by atoms with Crippen LogP contribution >= 0.6 is 34.7 Å². The Morgan fingerprint density at radius 1 is 1.19 bits per heavy atom. The number of hydrogen-bond donors (Lipinski definition) is 1. The normalized spacial score (nSPS) is 11.1. The fraction of sp³-hybridized carbons (Fsp3) is 0.174. The van der Waals surface area contributed by atoms with Gasteiger partial charge in [0.2, 0.25) is 5.91 Å². The fourth-order valence-corrected chi connectivity index (χ4v) is 5.22. The van der Waals surface area contributed by atoms with E-state index in [4.69, 9.17) is 11.6 Å². The van der Waals surface area contributed by atoms with Gasteiger partial charge in [-0.1, -0.05) is 65.3 Å². The Morgan fingerprint density at radius 2 is 2.00 bits per heavy atom. The van der Waals surface area contributed by atoms with E-state index < -0.39 is 0 Å². The van der Waals surface area contributed by atoms with Crippen LogP contribution in [0.15, 0.2) is 63.9 Å². The molecular weight excluding hydrogens is 450 g/mol. The molecule has 0 spiro atoms. The molecule has 0 radical (unpaired) electrons. The van der Waals surface area contributed by atoms with Gasteiger partial charge in [0.1, 0.15) is 11.2 Å². The second kappa shape index (κ2) is 9.26. The van der Waals surface area contributed by atoms with E-state index in [1.807, 2.05) is 55.6 Å². The summed E-state index contributed by atoms with van der Waals surface area (Å²) in [4.78, 5) is 30.6. The quantitative estimate of drug-likeness (QED) is 0.292. The van der Waals surface area contributed by atoms with E-state index in [0.717, 1.165) is 11.1 Å². The highest BCUT2D eigenvalue weighted by atomic mass is 35.5. The summed E-state index contributed by atoms with van der Waals surface area (Å²) in [7, 11) is 0. The van der Waals surface area contributed by atoms with Gasteiger partial charge in [-0.05, 0) is 42.5 Å². The second-order valence-electron chi connectivity index (χ2n) is 7.18. The molecule has 0 saturated carbocycles. The van der Waals surface area contributed by atoms with Gasteiger partial charge in [-0.3, -0.25) is 14.2 Å². The number of thiophene rings is 1. The van der Waals surface area contributed by atoms with Crippen molar-refractivity contribution in [1.29, 1.82) is 0 Å². The average Bonchev–Trinajstić information content (AvgIpc) is 3.20. The van der Waals surface area contributed by atoms with Crippen molar-refractivity contribution in [3.05, 3.63) is 86.0 Å². The summed E-state index contributed by atoms with van der Waals surface area (Å²) in [6, 6.07) is 15.4. The van der Waals surface area contributed by atoms with E-state index in [1.165, 1.54) is 33.2 Å². The molecule has 2 aromatic heterocycles. The molecule has 0 aliphatic heterocycles. The number of para-hydroxylation sites is 1. The number of carbonyl (C=O) groups is 1. The molecule has 2 aromatic carbocycles. The fourth-order valence-electron chi connectivity index (χ4n) is 3.24. The Morgan fingerprint density at radius 3 is 2.77 bits per heavy atom. The topological polar surface area (TPSA) is 64.0 Å². The first-order valence-corrected chi connectivity index (χ1v) is 11.9. The number of hydrogen-bond acceptors (Lipinski definition) is 5. The van der Waals surface area contributed by atoms with Crippen LogP contribution in [0.3, 0.4) is 0 Å². The van der Waals surface area contributed by atoms with Crippen LogP contribution in [-0.2, 0) is 17.1 Å². The number of anilines is 1. The molecule has 0 unspecified atom stereocenters. The predicted molar refractivity (Wildman–Crippen MR) is 129 cm³/mol. The van der Waals surface area contributed by atoms with Gasteiger partial charge in [-0.15, -0.1) is 11.3 Å². The highest BCUT2D eigenvalue weighted by Crippen LogP contribution is 2.26. The molecule has 0 saturated heterocycles. The minimum Gasteiger partial charge on any atom is -0.323 e. The lowest BCUT2D eigenvalue weighted by Gasteiger charge is -2.14. The maximum absolute atomic E-state index is 13.1. The van der Waals surface area contributed by atoms with Crippen molar-refractivity contribution in [3.63, 3.8) is 0 Å². The van der Waals surface area contributed by atoms with Crippen LogP contribution in [0.1, 0.15) is 16.7 Å². The molecule has 4 rings (SSSR count). The summed E-state index contributed by atoms with van der Waals surface area (Å²) in [5.74, 6) is 0.322. The third-order valence-electron chi connectivity index (χ3n) is 4.77. The van der Waals surface area contributed by atoms with Gasteiger partial charge in [0.25, 0.3) is 5.56 Å². The number of carbonyl (C=O) groups excluding carboxylic acids is 1. The minimum absolute atomic E-state index is 0.138. The van der Waals surface area contributed by atoms with Crippen LogP contribution in [0.25, 0.3) is 10.2 Å². The monoisotopic (exact) mass is 469 g/mol. The number of nitrogens with zero attached hydrogens (tertiary/aromatic N) is 2. The third kappa shape index (κ3) is 4.84. The van der Waals surface area contributed by atoms with Gasteiger partial charge in [0.15, 0.2) is 5.16 Å². The smallest absolute Gasteiger partial charge is 0.272 e. The Balaban J connectivity index is 1.63. The van der Waals surface area contributed by atoms with Crippen molar-refractivity contribution >= 4 is 56.5 Å². The van der Waals surface area contributed by atoms with Gasteiger partial charge < -0.3 is 5.32 Å². The molecule has 0 aliphatic rings. The van der Waals surface area contributed by atoms with Crippen LogP contribution < -0.4 is 10.9 Å². The highest BCUT2D eigenvalue weighted by molar-refractivity contribution is 7.98. The van der Waals surface area contributed by atoms with E-state index in [0.29, 0.717) is 31.8 Å². The Labute approximate surface area is 193 Å². The summed E-state index contributed by atoms with van der Waals surface area (Å²) in [5, 5.41) is 5.66. The van der Waals surface area contributed by atoms with E-state index in [9.17, 15) is 9.59 Å². The van der Waals surface area contributed by atoms with Crippen LogP contribution in [0.2, 0.25) is 5.02 Å². The number of rotatable bonds is 6. The van der Waals surface area contributed by atoms with Crippen molar-refractivity contribution in [1.82, 2.24) is 9.55 Å². The molecular formula is C23H20ClN3O2S2. The maximum atomic E-state index is 13.1. The average molecular weight is 470 g/mol. The van der Waals surface area contributed by atoms with Crippen molar-refractivity contribution in [2.75, 3.05) is 5.32 Å². The van der Waals surface area contributed by atoms with Crippen molar-refractivity contribution in [3.8, 4) is 0 Å². The molecule has 2 heterocycles.